The molecule has 1 unspecified atom stereocenters. The van der Waals surface area contributed by atoms with Gasteiger partial charge in [-0.2, -0.15) is 0 Å². The number of rotatable bonds is 13. The minimum Gasteiger partial charge on any atom is -0.310 e. The lowest BCUT2D eigenvalue weighted by Gasteiger charge is -2.17. The van der Waals surface area contributed by atoms with Crippen LogP contribution in [0.3, 0.4) is 0 Å². The average molecular weight is 421 g/mol. The first-order chi connectivity index (χ1) is 10.3. The van der Waals surface area contributed by atoms with Crippen LogP contribution in [0.2, 0.25) is 0 Å². The Morgan fingerprint density at radius 1 is 1.00 bits per heavy atom. The fourth-order valence-corrected chi connectivity index (χ4v) is 4.12. The summed E-state index contributed by atoms with van der Waals surface area (Å²) in [5.41, 5.74) is 1.50. The SMILES string of the molecule is CCCCCCCCCCC(NCCC)c1csc(I)c1. The first-order valence-electron chi connectivity index (χ1n) is 8.75. The predicted molar refractivity (Wildman–Crippen MR) is 105 cm³/mol. The summed E-state index contributed by atoms with van der Waals surface area (Å²) in [4.78, 5) is 0. The molecule has 1 nitrogen and oxygen atoms in total. The quantitative estimate of drug-likeness (QED) is 0.269. The Kier molecular flexibility index (Phi) is 11.9. The topological polar surface area (TPSA) is 12.0 Å². The molecule has 0 fully saturated rings. The molecule has 1 aromatic rings. The first-order valence-corrected chi connectivity index (χ1v) is 10.7. The van der Waals surface area contributed by atoms with Gasteiger partial charge in [-0.25, -0.2) is 0 Å². The molecule has 1 rings (SSSR count). The van der Waals surface area contributed by atoms with E-state index in [1.54, 1.807) is 0 Å². The van der Waals surface area contributed by atoms with Crippen LogP contribution in [0.25, 0.3) is 0 Å². The van der Waals surface area contributed by atoms with Gasteiger partial charge in [0, 0.05) is 6.04 Å². The predicted octanol–water partition coefficient (Wildman–Crippen LogP) is 6.92. The molecule has 1 heterocycles. The van der Waals surface area contributed by atoms with Crippen LogP contribution in [0.1, 0.15) is 89.7 Å². The van der Waals surface area contributed by atoms with Gasteiger partial charge in [0.2, 0.25) is 0 Å². The molecule has 0 spiro atoms. The zero-order valence-corrected chi connectivity index (χ0v) is 16.8. The van der Waals surface area contributed by atoms with Crippen molar-refractivity contribution in [3.8, 4) is 0 Å². The second-order valence-electron chi connectivity index (χ2n) is 5.95. The highest BCUT2D eigenvalue weighted by Crippen LogP contribution is 2.26. The van der Waals surface area contributed by atoms with Gasteiger partial charge in [0.15, 0.2) is 0 Å². The number of nitrogens with one attached hydrogen (secondary N) is 1. The van der Waals surface area contributed by atoms with Gasteiger partial charge in [-0.3, -0.25) is 0 Å². The summed E-state index contributed by atoms with van der Waals surface area (Å²) < 4.78 is 1.40. The van der Waals surface area contributed by atoms with Gasteiger partial charge in [0.05, 0.1) is 2.88 Å². The molecule has 0 amide bonds. The van der Waals surface area contributed by atoms with E-state index in [9.17, 15) is 0 Å². The molecule has 0 aliphatic rings. The van der Waals surface area contributed by atoms with E-state index in [4.69, 9.17) is 0 Å². The minimum absolute atomic E-state index is 0.574. The average Bonchev–Trinajstić information content (AvgIpc) is 2.91. The van der Waals surface area contributed by atoms with Crippen LogP contribution < -0.4 is 5.32 Å². The Balaban J connectivity index is 2.18. The molecule has 21 heavy (non-hydrogen) atoms. The summed E-state index contributed by atoms with van der Waals surface area (Å²) in [5.74, 6) is 0. The third-order valence-corrected chi connectivity index (χ3v) is 5.78. The van der Waals surface area contributed by atoms with Crippen LogP contribution in [-0.4, -0.2) is 6.54 Å². The lowest BCUT2D eigenvalue weighted by Crippen LogP contribution is -2.21. The Labute approximate surface area is 149 Å². The molecule has 0 radical (unpaired) electrons. The third-order valence-electron chi connectivity index (χ3n) is 3.98. The van der Waals surface area contributed by atoms with Gasteiger partial charge < -0.3 is 5.32 Å². The highest BCUT2D eigenvalue weighted by atomic mass is 127. The minimum atomic E-state index is 0.574. The monoisotopic (exact) mass is 421 g/mol. The number of thiophene rings is 1. The number of halogens is 1. The van der Waals surface area contributed by atoms with Crippen LogP contribution >= 0.6 is 33.9 Å². The fourth-order valence-electron chi connectivity index (χ4n) is 2.69. The van der Waals surface area contributed by atoms with Crippen LogP contribution in [0.5, 0.6) is 0 Å². The highest BCUT2D eigenvalue weighted by molar-refractivity contribution is 14.1. The summed E-state index contributed by atoms with van der Waals surface area (Å²) in [6.07, 6.45) is 13.8. The summed E-state index contributed by atoms with van der Waals surface area (Å²) in [6.45, 7) is 5.67. The van der Waals surface area contributed by atoms with E-state index >= 15 is 0 Å². The maximum absolute atomic E-state index is 3.72. The molecule has 1 atom stereocenters. The van der Waals surface area contributed by atoms with Crippen LogP contribution in [0.15, 0.2) is 11.4 Å². The molecule has 0 aliphatic heterocycles. The second kappa shape index (κ2) is 12.9. The van der Waals surface area contributed by atoms with Crippen molar-refractivity contribution in [3.63, 3.8) is 0 Å². The van der Waals surface area contributed by atoms with Gasteiger partial charge in [-0.1, -0.05) is 65.2 Å². The number of unbranched alkanes of at least 4 members (excludes halogenated alkanes) is 7. The lowest BCUT2D eigenvalue weighted by atomic mass is 10.0. The van der Waals surface area contributed by atoms with E-state index in [2.05, 4.69) is 53.2 Å². The van der Waals surface area contributed by atoms with Crippen molar-refractivity contribution in [1.29, 1.82) is 0 Å². The van der Waals surface area contributed by atoms with Crippen LogP contribution in [-0.2, 0) is 0 Å². The van der Waals surface area contributed by atoms with E-state index in [1.807, 2.05) is 11.3 Å². The zero-order chi connectivity index (χ0) is 15.3. The summed E-state index contributed by atoms with van der Waals surface area (Å²) in [5, 5.41) is 6.05. The number of hydrogen-bond donors (Lipinski definition) is 1. The van der Waals surface area contributed by atoms with E-state index in [1.165, 1.54) is 72.7 Å². The molecular formula is C18H32INS. The first kappa shape index (κ1) is 19.4. The summed E-state index contributed by atoms with van der Waals surface area (Å²) in [7, 11) is 0. The fraction of sp³-hybridized carbons (Fsp3) is 0.778. The Hall–Kier alpha value is 0.390. The standard InChI is InChI=1S/C18H32INS/c1-3-5-6-7-8-9-10-11-12-17(20-13-4-2)16-14-18(19)21-15-16/h14-15,17,20H,3-13H2,1-2H3. The Bertz CT molecular complexity index is 351. The van der Waals surface area contributed by atoms with E-state index in [-0.39, 0.29) is 0 Å². The van der Waals surface area contributed by atoms with Gasteiger partial charge in [0.1, 0.15) is 0 Å². The molecule has 0 aromatic carbocycles. The van der Waals surface area contributed by atoms with Crippen molar-refractivity contribution >= 4 is 33.9 Å². The largest absolute Gasteiger partial charge is 0.310 e. The van der Waals surface area contributed by atoms with E-state index in [0.29, 0.717) is 6.04 Å². The maximum atomic E-state index is 3.72. The molecule has 0 aliphatic carbocycles. The highest BCUT2D eigenvalue weighted by Gasteiger charge is 2.11. The van der Waals surface area contributed by atoms with Gasteiger partial charge in [0.25, 0.3) is 0 Å². The van der Waals surface area contributed by atoms with Crippen molar-refractivity contribution < 1.29 is 0 Å². The third kappa shape index (κ3) is 9.19. The maximum Gasteiger partial charge on any atom is 0.0656 e. The normalized spacial score (nSPS) is 12.7. The Morgan fingerprint density at radius 3 is 2.24 bits per heavy atom. The van der Waals surface area contributed by atoms with Gasteiger partial charge in [-0.15, -0.1) is 11.3 Å². The van der Waals surface area contributed by atoms with Crippen LogP contribution in [0, 0.1) is 2.88 Å². The molecule has 1 aromatic heterocycles. The van der Waals surface area contributed by atoms with Crippen molar-refractivity contribution in [3.05, 3.63) is 19.9 Å². The number of hydrogen-bond acceptors (Lipinski definition) is 2. The smallest absolute Gasteiger partial charge is 0.0656 e. The van der Waals surface area contributed by atoms with Crippen LogP contribution in [0.4, 0.5) is 0 Å². The zero-order valence-electron chi connectivity index (χ0n) is 13.8. The van der Waals surface area contributed by atoms with E-state index < -0.39 is 0 Å². The molecule has 3 heteroatoms. The Morgan fingerprint density at radius 2 is 1.67 bits per heavy atom. The van der Waals surface area contributed by atoms with Crippen molar-refractivity contribution in [2.75, 3.05) is 6.54 Å². The van der Waals surface area contributed by atoms with E-state index in [0.717, 1.165) is 6.54 Å². The molecule has 122 valence electrons. The van der Waals surface area contributed by atoms with Gasteiger partial charge in [-0.05, 0) is 59.0 Å². The molecular weight excluding hydrogens is 389 g/mol. The van der Waals surface area contributed by atoms with Gasteiger partial charge >= 0.3 is 0 Å². The molecule has 0 bridgehead atoms. The van der Waals surface area contributed by atoms with Crippen molar-refractivity contribution in [2.24, 2.45) is 0 Å². The summed E-state index contributed by atoms with van der Waals surface area (Å²) in [6, 6.07) is 2.92. The lowest BCUT2D eigenvalue weighted by molar-refractivity contribution is 0.466. The molecule has 1 N–H and O–H groups in total. The molecule has 0 saturated carbocycles. The molecule has 0 saturated heterocycles. The summed E-state index contributed by atoms with van der Waals surface area (Å²) >= 11 is 4.30. The van der Waals surface area contributed by atoms with Crippen molar-refractivity contribution in [2.45, 2.75) is 84.1 Å². The second-order valence-corrected chi connectivity index (χ2v) is 8.76. The van der Waals surface area contributed by atoms with Crippen molar-refractivity contribution in [1.82, 2.24) is 5.32 Å².